The molecule has 0 radical (unpaired) electrons. The second kappa shape index (κ2) is 6.06. The minimum absolute atomic E-state index is 0.119. The van der Waals surface area contributed by atoms with Gasteiger partial charge < -0.3 is 5.32 Å². The number of hydrogen-bond acceptors (Lipinski definition) is 5. The molecule has 2 heterocycles. The Morgan fingerprint density at radius 1 is 1.25 bits per heavy atom. The maximum absolute atomic E-state index is 5.90. The van der Waals surface area contributed by atoms with Gasteiger partial charge in [0.05, 0.1) is 10.7 Å². The standard InChI is InChI=1S/C14H19ClN4S/c1-9-17-11(15)7-12(18-9)16-6-5-10-8-20-13(19-10)14(2,3)4/h7-8H,5-6H2,1-4H3,(H,16,17,18). The van der Waals surface area contributed by atoms with Gasteiger partial charge in [-0.05, 0) is 6.92 Å². The van der Waals surface area contributed by atoms with Gasteiger partial charge in [-0.3, -0.25) is 0 Å². The predicted molar refractivity (Wildman–Crippen MR) is 84.8 cm³/mol. The molecule has 0 amide bonds. The van der Waals surface area contributed by atoms with Gasteiger partial charge in [0.25, 0.3) is 0 Å². The van der Waals surface area contributed by atoms with Crippen LogP contribution in [0.3, 0.4) is 0 Å². The van der Waals surface area contributed by atoms with Gasteiger partial charge in [-0.15, -0.1) is 11.3 Å². The summed E-state index contributed by atoms with van der Waals surface area (Å²) in [7, 11) is 0. The molecule has 0 unspecified atom stereocenters. The maximum atomic E-state index is 5.90. The Hall–Kier alpha value is -1.20. The van der Waals surface area contributed by atoms with Gasteiger partial charge in [-0.2, -0.15) is 0 Å². The minimum Gasteiger partial charge on any atom is -0.370 e. The van der Waals surface area contributed by atoms with Crippen molar-refractivity contribution >= 4 is 28.8 Å². The Kier molecular flexibility index (Phi) is 4.60. The first-order valence-electron chi connectivity index (χ1n) is 6.54. The van der Waals surface area contributed by atoms with Gasteiger partial charge in [-0.25, -0.2) is 15.0 Å². The first-order valence-corrected chi connectivity index (χ1v) is 7.80. The van der Waals surface area contributed by atoms with Crippen LogP contribution in [0.1, 0.15) is 37.3 Å². The Morgan fingerprint density at radius 3 is 2.60 bits per heavy atom. The number of rotatable bonds is 4. The fourth-order valence-corrected chi connectivity index (χ4v) is 2.87. The van der Waals surface area contributed by atoms with E-state index in [4.69, 9.17) is 11.6 Å². The zero-order valence-electron chi connectivity index (χ0n) is 12.2. The lowest BCUT2D eigenvalue weighted by Gasteiger charge is -2.13. The molecule has 0 spiro atoms. The Morgan fingerprint density at radius 2 is 2.00 bits per heavy atom. The third-order valence-corrected chi connectivity index (χ3v) is 4.20. The summed E-state index contributed by atoms with van der Waals surface area (Å²) in [6.45, 7) is 9.14. The lowest BCUT2D eigenvalue weighted by atomic mass is 9.98. The molecule has 0 saturated heterocycles. The number of thiazole rings is 1. The lowest BCUT2D eigenvalue weighted by Crippen LogP contribution is -2.11. The molecule has 0 bridgehead atoms. The summed E-state index contributed by atoms with van der Waals surface area (Å²) in [5, 5.41) is 7.01. The summed E-state index contributed by atoms with van der Waals surface area (Å²) in [6, 6.07) is 1.73. The number of nitrogens with zero attached hydrogens (tertiary/aromatic N) is 3. The molecule has 2 rings (SSSR count). The largest absolute Gasteiger partial charge is 0.370 e. The lowest BCUT2D eigenvalue weighted by molar-refractivity contribution is 0.583. The van der Waals surface area contributed by atoms with E-state index in [0.29, 0.717) is 11.0 Å². The van der Waals surface area contributed by atoms with Crippen LogP contribution in [0.15, 0.2) is 11.4 Å². The summed E-state index contributed by atoms with van der Waals surface area (Å²) in [5.41, 5.74) is 1.23. The van der Waals surface area contributed by atoms with Crippen LogP contribution >= 0.6 is 22.9 Å². The van der Waals surface area contributed by atoms with Crippen LogP contribution in [0.2, 0.25) is 5.15 Å². The van der Waals surface area contributed by atoms with Crippen LogP contribution in [0.5, 0.6) is 0 Å². The highest BCUT2D eigenvalue weighted by atomic mass is 35.5. The molecule has 0 aromatic carbocycles. The Labute approximate surface area is 128 Å². The van der Waals surface area contributed by atoms with Crippen molar-refractivity contribution in [2.24, 2.45) is 0 Å². The zero-order valence-corrected chi connectivity index (χ0v) is 13.8. The smallest absolute Gasteiger partial charge is 0.134 e. The molecular formula is C14H19ClN4S. The molecule has 2 aromatic heterocycles. The van der Waals surface area contributed by atoms with Crippen molar-refractivity contribution < 1.29 is 0 Å². The van der Waals surface area contributed by atoms with Gasteiger partial charge in [-0.1, -0.05) is 32.4 Å². The summed E-state index contributed by atoms with van der Waals surface area (Å²) < 4.78 is 0. The van der Waals surface area contributed by atoms with Crippen LogP contribution in [-0.4, -0.2) is 21.5 Å². The average molecular weight is 311 g/mol. The van der Waals surface area contributed by atoms with E-state index in [1.807, 2.05) is 6.92 Å². The summed E-state index contributed by atoms with van der Waals surface area (Å²) in [4.78, 5) is 13.0. The van der Waals surface area contributed by atoms with Crippen molar-refractivity contribution in [3.05, 3.63) is 33.1 Å². The molecule has 6 heteroatoms. The second-order valence-corrected chi connectivity index (χ2v) is 6.94. The van der Waals surface area contributed by atoms with Gasteiger partial charge in [0, 0.05) is 29.8 Å². The predicted octanol–water partition coefficient (Wildman–Crippen LogP) is 3.85. The number of nitrogens with one attached hydrogen (secondary N) is 1. The maximum Gasteiger partial charge on any atom is 0.134 e. The highest BCUT2D eigenvalue weighted by molar-refractivity contribution is 7.09. The molecule has 0 aliphatic rings. The highest BCUT2D eigenvalue weighted by Gasteiger charge is 2.17. The number of halogens is 1. The van der Waals surface area contributed by atoms with Gasteiger partial charge in [0.15, 0.2) is 0 Å². The molecule has 0 aliphatic carbocycles. The normalized spacial score (nSPS) is 11.7. The molecular weight excluding hydrogens is 292 g/mol. The molecule has 20 heavy (non-hydrogen) atoms. The molecule has 4 nitrogen and oxygen atoms in total. The molecule has 0 atom stereocenters. The summed E-state index contributed by atoms with van der Waals surface area (Å²) >= 11 is 7.62. The molecule has 2 aromatic rings. The van der Waals surface area contributed by atoms with Crippen LogP contribution in [0.4, 0.5) is 5.82 Å². The number of hydrogen-bond donors (Lipinski definition) is 1. The van der Waals surface area contributed by atoms with Gasteiger partial charge in [0.1, 0.15) is 16.8 Å². The van der Waals surface area contributed by atoms with E-state index in [9.17, 15) is 0 Å². The number of anilines is 1. The average Bonchev–Trinajstić information content (AvgIpc) is 2.76. The van der Waals surface area contributed by atoms with E-state index in [2.05, 4.69) is 46.4 Å². The van der Waals surface area contributed by atoms with Gasteiger partial charge in [0.2, 0.25) is 0 Å². The van der Waals surface area contributed by atoms with Crippen molar-refractivity contribution in [1.29, 1.82) is 0 Å². The quantitative estimate of drug-likeness (QED) is 0.872. The van der Waals surface area contributed by atoms with E-state index in [-0.39, 0.29) is 5.41 Å². The minimum atomic E-state index is 0.119. The Bertz CT molecular complexity index is 569. The molecule has 0 saturated carbocycles. The molecule has 0 fully saturated rings. The van der Waals surface area contributed by atoms with Crippen molar-refractivity contribution in [3.8, 4) is 0 Å². The number of aromatic nitrogens is 3. The van der Waals surface area contributed by atoms with Crippen molar-refractivity contribution in [2.45, 2.75) is 39.5 Å². The van der Waals surface area contributed by atoms with E-state index < -0.39 is 0 Å². The SMILES string of the molecule is Cc1nc(Cl)cc(NCCc2csc(C(C)(C)C)n2)n1. The van der Waals surface area contributed by atoms with E-state index in [1.54, 1.807) is 17.4 Å². The third kappa shape index (κ3) is 4.15. The zero-order chi connectivity index (χ0) is 14.8. The Balaban J connectivity index is 1.91. The molecule has 108 valence electrons. The van der Waals surface area contributed by atoms with Crippen LogP contribution in [0, 0.1) is 6.92 Å². The fraction of sp³-hybridized carbons (Fsp3) is 0.500. The van der Waals surface area contributed by atoms with Crippen LogP contribution < -0.4 is 5.32 Å². The summed E-state index contributed by atoms with van der Waals surface area (Å²) in [6.07, 6.45) is 0.868. The fourth-order valence-electron chi connectivity index (χ4n) is 1.71. The van der Waals surface area contributed by atoms with Crippen LogP contribution in [-0.2, 0) is 11.8 Å². The second-order valence-electron chi connectivity index (χ2n) is 5.69. The highest BCUT2D eigenvalue weighted by Crippen LogP contribution is 2.25. The monoisotopic (exact) mass is 310 g/mol. The van der Waals surface area contributed by atoms with Gasteiger partial charge >= 0.3 is 0 Å². The first-order chi connectivity index (χ1) is 9.34. The van der Waals surface area contributed by atoms with Crippen molar-refractivity contribution in [1.82, 2.24) is 15.0 Å². The van der Waals surface area contributed by atoms with Crippen molar-refractivity contribution in [2.75, 3.05) is 11.9 Å². The van der Waals surface area contributed by atoms with Crippen molar-refractivity contribution in [3.63, 3.8) is 0 Å². The van der Waals surface area contributed by atoms with E-state index in [1.165, 1.54) is 5.01 Å². The third-order valence-electron chi connectivity index (χ3n) is 2.69. The summed E-state index contributed by atoms with van der Waals surface area (Å²) in [5.74, 6) is 1.43. The first kappa shape index (κ1) is 15.2. The van der Waals surface area contributed by atoms with E-state index >= 15 is 0 Å². The molecule has 1 N–H and O–H groups in total. The van der Waals surface area contributed by atoms with E-state index in [0.717, 1.165) is 24.5 Å². The topological polar surface area (TPSA) is 50.7 Å². The van der Waals surface area contributed by atoms with Crippen LogP contribution in [0.25, 0.3) is 0 Å². The molecule has 0 aliphatic heterocycles. The number of aryl methyl sites for hydroxylation is 1.